The maximum absolute atomic E-state index is 4.33. The fourth-order valence-electron chi connectivity index (χ4n) is 2.82. The Bertz CT molecular complexity index is 576. The van der Waals surface area contributed by atoms with Crippen molar-refractivity contribution in [3.8, 4) is 5.69 Å². The molecule has 2 heteroatoms. The lowest BCUT2D eigenvalue weighted by Gasteiger charge is -2.47. The molecule has 0 radical (unpaired) electrons. The van der Waals surface area contributed by atoms with Crippen LogP contribution in [0.2, 0.25) is 0 Å². The second-order valence-corrected chi connectivity index (χ2v) is 5.92. The van der Waals surface area contributed by atoms with E-state index < -0.39 is 0 Å². The normalized spacial score (nSPS) is 19.5. The van der Waals surface area contributed by atoms with E-state index in [0.717, 1.165) is 0 Å². The number of hydrogen-bond donors (Lipinski definition) is 0. The van der Waals surface area contributed by atoms with E-state index in [1.807, 2.05) is 12.5 Å². The van der Waals surface area contributed by atoms with Gasteiger partial charge in [-0.1, -0.05) is 45.9 Å². The minimum atomic E-state index is 0.0812. The van der Waals surface area contributed by atoms with Gasteiger partial charge >= 0.3 is 0 Å². The highest BCUT2D eigenvalue weighted by Gasteiger charge is 2.46. The van der Waals surface area contributed by atoms with E-state index in [1.54, 1.807) is 0 Å². The molecule has 0 N–H and O–H groups in total. The summed E-state index contributed by atoms with van der Waals surface area (Å²) in [7, 11) is 0. The highest BCUT2D eigenvalue weighted by Crippen LogP contribution is 2.49. The minimum Gasteiger partial charge on any atom is -0.302 e. The van der Waals surface area contributed by atoms with Crippen molar-refractivity contribution in [2.24, 2.45) is 0 Å². The zero-order valence-electron chi connectivity index (χ0n) is 10.9. The van der Waals surface area contributed by atoms with Crippen LogP contribution in [0.4, 0.5) is 0 Å². The third-order valence-electron chi connectivity index (χ3n) is 4.68. The summed E-state index contributed by atoms with van der Waals surface area (Å²) in [5.41, 5.74) is 4.15. The van der Waals surface area contributed by atoms with Crippen molar-refractivity contribution in [1.29, 1.82) is 0 Å². The SMILES string of the molecule is CC1(C)c2ccccc2-n2cncc2C1(C)C. The van der Waals surface area contributed by atoms with E-state index in [4.69, 9.17) is 0 Å². The van der Waals surface area contributed by atoms with Gasteiger partial charge in [0.05, 0.1) is 12.0 Å². The van der Waals surface area contributed by atoms with Crippen molar-refractivity contribution >= 4 is 0 Å². The van der Waals surface area contributed by atoms with Gasteiger partial charge in [-0.3, -0.25) is 0 Å². The summed E-state index contributed by atoms with van der Waals surface area (Å²) in [6.07, 6.45) is 3.92. The first-order chi connectivity index (χ1) is 7.96. The summed E-state index contributed by atoms with van der Waals surface area (Å²) in [6, 6.07) is 8.63. The molecule has 0 saturated carbocycles. The third kappa shape index (κ3) is 1.13. The standard InChI is InChI=1S/C15H18N2/c1-14(2)11-7-5-6-8-12(11)17-10-16-9-13(17)15(14,3)4/h5-10H,1-4H3. The fraction of sp³-hybridized carbons (Fsp3) is 0.400. The summed E-state index contributed by atoms with van der Waals surface area (Å²) >= 11 is 0. The van der Waals surface area contributed by atoms with Crippen LogP contribution in [0, 0.1) is 0 Å². The zero-order chi connectivity index (χ0) is 12.3. The predicted octanol–water partition coefficient (Wildman–Crippen LogP) is 3.44. The highest BCUT2D eigenvalue weighted by molar-refractivity contribution is 5.53. The second kappa shape index (κ2) is 3.00. The summed E-state index contributed by atoms with van der Waals surface area (Å²) in [6.45, 7) is 9.25. The van der Waals surface area contributed by atoms with Gasteiger partial charge < -0.3 is 4.57 Å². The fourth-order valence-corrected chi connectivity index (χ4v) is 2.82. The number of nitrogens with zero attached hydrogens (tertiary/aromatic N) is 2. The van der Waals surface area contributed by atoms with Gasteiger partial charge in [-0.25, -0.2) is 4.98 Å². The van der Waals surface area contributed by atoms with Gasteiger partial charge in [-0.2, -0.15) is 0 Å². The molecule has 1 aromatic heterocycles. The van der Waals surface area contributed by atoms with E-state index in [-0.39, 0.29) is 10.8 Å². The lowest BCUT2D eigenvalue weighted by molar-refractivity contribution is 0.279. The van der Waals surface area contributed by atoms with Crippen LogP contribution in [0.1, 0.15) is 39.0 Å². The largest absolute Gasteiger partial charge is 0.302 e. The molecule has 0 bridgehead atoms. The van der Waals surface area contributed by atoms with E-state index in [1.165, 1.54) is 16.9 Å². The van der Waals surface area contributed by atoms with Crippen molar-refractivity contribution < 1.29 is 0 Å². The molecule has 17 heavy (non-hydrogen) atoms. The van der Waals surface area contributed by atoms with Crippen LogP contribution in [0.5, 0.6) is 0 Å². The Balaban J connectivity index is 2.42. The van der Waals surface area contributed by atoms with Gasteiger partial charge in [0, 0.05) is 22.7 Å². The van der Waals surface area contributed by atoms with Crippen LogP contribution < -0.4 is 0 Å². The molecule has 2 heterocycles. The Morgan fingerprint density at radius 1 is 1.00 bits per heavy atom. The summed E-state index contributed by atoms with van der Waals surface area (Å²) in [4.78, 5) is 4.33. The molecule has 1 aromatic carbocycles. The molecule has 0 unspecified atom stereocenters. The predicted molar refractivity (Wildman–Crippen MR) is 69.6 cm³/mol. The molecular weight excluding hydrogens is 208 g/mol. The first kappa shape index (κ1) is 10.6. The van der Waals surface area contributed by atoms with E-state index in [2.05, 4.69) is 61.5 Å². The smallest absolute Gasteiger partial charge is 0.0994 e. The Morgan fingerprint density at radius 3 is 2.47 bits per heavy atom. The molecule has 0 atom stereocenters. The maximum Gasteiger partial charge on any atom is 0.0994 e. The van der Waals surface area contributed by atoms with Gasteiger partial charge in [-0.05, 0) is 11.6 Å². The molecule has 2 aromatic rings. The molecule has 1 aliphatic rings. The number of imidazole rings is 1. The van der Waals surface area contributed by atoms with Gasteiger partial charge in [0.25, 0.3) is 0 Å². The molecule has 0 spiro atoms. The molecule has 3 rings (SSSR count). The topological polar surface area (TPSA) is 17.8 Å². The van der Waals surface area contributed by atoms with Crippen molar-refractivity contribution in [3.05, 3.63) is 48.0 Å². The molecular formula is C15H18N2. The molecule has 88 valence electrons. The summed E-state index contributed by atoms with van der Waals surface area (Å²) < 4.78 is 2.22. The second-order valence-electron chi connectivity index (χ2n) is 5.92. The van der Waals surface area contributed by atoms with Crippen LogP contribution in [-0.2, 0) is 10.8 Å². The third-order valence-corrected chi connectivity index (χ3v) is 4.68. The first-order valence-electron chi connectivity index (χ1n) is 6.09. The first-order valence-corrected chi connectivity index (χ1v) is 6.09. The lowest BCUT2D eigenvalue weighted by atomic mass is 9.60. The molecule has 1 aliphatic heterocycles. The van der Waals surface area contributed by atoms with Gasteiger partial charge in [0.15, 0.2) is 0 Å². The molecule has 0 aliphatic carbocycles. The monoisotopic (exact) mass is 226 g/mol. The lowest BCUT2D eigenvalue weighted by Crippen LogP contribution is -2.45. The van der Waals surface area contributed by atoms with Crippen molar-refractivity contribution in [1.82, 2.24) is 9.55 Å². The van der Waals surface area contributed by atoms with Crippen molar-refractivity contribution in [3.63, 3.8) is 0 Å². The Kier molecular flexibility index (Phi) is 1.87. The van der Waals surface area contributed by atoms with Crippen LogP contribution in [0.25, 0.3) is 5.69 Å². The van der Waals surface area contributed by atoms with Crippen LogP contribution in [0.15, 0.2) is 36.8 Å². The summed E-state index contributed by atoms with van der Waals surface area (Å²) in [5.74, 6) is 0. The molecule has 0 fully saturated rings. The highest BCUT2D eigenvalue weighted by atomic mass is 15.1. The number of aromatic nitrogens is 2. The van der Waals surface area contributed by atoms with Crippen LogP contribution in [-0.4, -0.2) is 9.55 Å². The van der Waals surface area contributed by atoms with E-state index in [9.17, 15) is 0 Å². The van der Waals surface area contributed by atoms with Crippen LogP contribution in [0.3, 0.4) is 0 Å². The Morgan fingerprint density at radius 2 is 1.71 bits per heavy atom. The van der Waals surface area contributed by atoms with Crippen LogP contribution >= 0.6 is 0 Å². The van der Waals surface area contributed by atoms with E-state index in [0.29, 0.717) is 0 Å². The molecule has 0 amide bonds. The summed E-state index contributed by atoms with van der Waals surface area (Å²) in [5, 5.41) is 0. The quantitative estimate of drug-likeness (QED) is 0.673. The number of hydrogen-bond acceptors (Lipinski definition) is 1. The van der Waals surface area contributed by atoms with Gasteiger partial charge in [0.1, 0.15) is 0 Å². The Hall–Kier alpha value is -1.57. The maximum atomic E-state index is 4.33. The van der Waals surface area contributed by atoms with Gasteiger partial charge in [-0.15, -0.1) is 0 Å². The number of benzene rings is 1. The zero-order valence-corrected chi connectivity index (χ0v) is 10.9. The molecule has 0 saturated heterocycles. The van der Waals surface area contributed by atoms with Gasteiger partial charge in [0.2, 0.25) is 0 Å². The van der Waals surface area contributed by atoms with Crippen molar-refractivity contribution in [2.45, 2.75) is 38.5 Å². The molecule has 2 nitrogen and oxygen atoms in total. The average molecular weight is 226 g/mol. The van der Waals surface area contributed by atoms with E-state index >= 15 is 0 Å². The number of para-hydroxylation sites is 1. The minimum absolute atomic E-state index is 0.0812. The number of fused-ring (bicyclic) bond motifs is 3. The van der Waals surface area contributed by atoms with Crippen molar-refractivity contribution in [2.75, 3.05) is 0 Å². The number of rotatable bonds is 0. The Labute approximate surface area is 102 Å². The average Bonchev–Trinajstić information content (AvgIpc) is 2.77.